The van der Waals surface area contributed by atoms with E-state index in [-0.39, 0.29) is 5.41 Å². The minimum Gasteiger partial charge on any atom is -0.356 e. The van der Waals surface area contributed by atoms with E-state index >= 15 is 0 Å². The summed E-state index contributed by atoms with van der Waals surface area (Å²) < 4.78 is 0. The van der Waals surface area contributed by atoms with Crippen LogP contribution < -0.4 is 10.6 Å². The number of aromatic nitrogens is 1. The van der Waals surface area contributed by atoms with Crippen molar-refractivity contribution >= 4 is 5.82 Å². The largest absolute Gasteiger partial charge is 0.356 e. The number of pyridine rings is 1. The van der Waals surface area contributed by atoms with Crippen molar-refractivity contribution in [1.82, 2.24) is 4.98 Å². The lowest BCUT2D eigenvalue weighted by Gasteiger charge is -2.32. The van der Waals surface area contributed by atoms with Crippen LogP contribution in [-0.4, -0.2) is 24.6 Å². The highest BCUT2D eigenvalue weighted by atomic mass is 15.2. The first-order valence-corrected chi connectivity index (χ1v) is 6.34. The maximum Gasteiger partial charge on any atom is 0.142 e. The van der Waals surface area contributed by atoms with E-state index in [0.717, 1.165) is 25.3 Å². The van der Waals surface area contributed by atoms with Crippen LogP contribution in [0.25, 0.3) is 0 Å². The van der Waals surface area contributed by atoms with Crippen molar-refractivity contribution in [3.8, 4) is 6.07 Å². The third-order valence-corrected chi connectivity index (χ3v) is 2.84. The summed E-state index contributed by atoms with van der Waals surface area (Å²) in [5.74, 6) is 0.859. The standard InChI is InChI=1S/C14H22N4/c1-4-8-18(11-14(2,3)10-16)13-7-5-6-12(9-15)17-13/h5-7H,4,8,10-11,16H2,1-3H3. The van der Waals surface area contributed by atoms with Crippen molar-refractivity contribution in [2.45, 2.75) is 27.2 Å². The molecule has 4 heteroatoms. The molecular formula is C14H22N4. The minimum atomic E-state index is 0.0412. The van der Waals surface area contributed by atoms with Crippen LogP contribution in [0.2, 0.25) is 0 Å². The van der Waals surface area contributed by atoms with Gasteiger partial charge in [-0.1, -0.05) is 26.8 Å². The molecule has 1 aromatic rings. The molecule has 0 aliphatic heterocycles. The molecule has 1 rings (SSSR count). The van der Waals surface area contributed by atoms with E-state index in [9.17, 15) is 0 Å². The SMILES string of the molecule is CCCN(CC(C)(C)CN)c1cccc(C#N)n1. The van der Waals surface area contributed by atoms with Gasteiger partial charge in [0.15, 0.2) is 0 Å². The zero-order chi connectivity index (χ0) is 13.6. The van der Waals surface area contributed by atoms with Gasteiger partial charge in [-0.2, -0.15) is 5.26 Å². The molecule has 0 spiro atoms. The Balaban J connectivity index is 2.93. The summed E-state index contributed by atoms with van der Waals surface area (Å²) in [4.78, 5) is 6.55. The second-order valence-corrected chi connectivity index (χ2v) is 5.28. The predicted molar refractivity (Wildman–Crippen MR) is 74.3 cm³/mol. The molecule has 0 fully saturated rings. The Bertz CT molecular complexity index is 420. The van der Waals surface area contributed by atoms with E-state index in [0.29, 0.717) is 12.2 Å². The minimum absolute atomic E-state index is 0.0412. The number of nitriles is 1. The van der Waals surface area contributed by atoms with Crippen molar-refractivity contribution in [3.63, 3.8) is 0 Å². The Morgan fingerprint density at radius 2 is 2.17 bits per heavy atom. The third-order valence-electron chi connectivity index (χ3n) is 2.84. The molecule has 0 amide bonds. The molecule has 1 heterocycles. The molecule has 2 N–H and O–H groups in total. The lowest BCUT2D eigenvalue weighted by atomic mass is 9.93. The van der Waals surface area contributed by atoms with Gasteiger partial charge in [0.1, 0.15) is 17.6 Å². The fourth-order valence-electron chi connectivity index (χ4n) is 1.79. The van der Waals surface area contributed by atoms with E-state index in [4.69, 9.17) is 11.0 Å². The zero-order valence-electron chi connectivity index (χ0n) is 11.5. The van der Waals surface area contributed by atoms with Gasteiger partial charge in [0.2, 0.25) is 0 Å². The van der Waals surface area contributed by atoms with Gasteiger partial charge in [-0.05, 0) is 30.5 Å². The van der Waals surface area contributed by atoms with Crippen LogP contribution in [0, 0.1) is 16.7 Å². The molecule has 0 saturated carbocycles. The third kappa shape index (κ3) is 4.01. The quantitative estimate of drug-likeness (QED) is 0.835. The Labute approximate surface area is 109 Å². The van der Waals surface area contributed by atoms with Gasteiger partial charge < -0.3 is 10.6 Å². The molecule has 0 saturated heterocycles. The molecule has 0 unspecified atom stereocenters. The summed E-state index contributed by atoms with van der Waals surface area (Å²) in [6, 6.07) is 7.62. The lowest BCUT2D eigenvalue weighted by Crippen LogP contribution is -2.39. The first-order chi connectivity index (χ1) is 8.52. The molecule has 18 heavy (non-hydrogen) atoms. The number of nitrogens with zero attached hydrogens (tertiary/aromatic N) is 3. The highest BCUT2D eigenvalue weighted by molar-refractivity contribution is 5.41. The van der Waals surface area contributed by atoms with Crippen LogP contribution in [0.1, 0.15) is 32.9 Å². The van der Waals surface area contributed by atoms with Crippen molar-refractivity contribution in [1.29, 1.82) is 5.26 Å². The molecular weight excluding hydrogens is 224 g/mol. The first-order valence-electron chi connectivity index (χ1n) is 6.34. The molecule has 4 nitrogen and oxygen atoms in total. The summed E-state index contributed by atoms with van der Waals surface area (Å²) in [5, 5.41) is 8.90. The molecule has 0 aromatic carbocycles. The molecule has 0 atom stereocenters. The fraction of sp³-hybridized carbons (Fsp3) is 0.571. The number of hydrogen-bond acceptors (Lipinski definition) is 4. The van der Waals surface area contributed by atoms with Crippen LogP contribution in [-0.2, 0) is 0 Å². The van der Waals surface area contributed by atoms with E-state index in [2.05, 4.69) is 36.7 Å². The van der Waals surface area contributed by atoms with E-state index < -0.39 is 0 Å². The number of hydrogen-bond donors (Lipinski definition) is 1. The van der Waals surface area contributed by atoms with Gasteiger partial charge in [-0.3, -0.25) is 0 Å². The lowest BCUT2D eigenvalue weighted by molar-refractivity contribution is 0.376. The van der Waals surface area contributed by atoms with Gasteiger partial charge in [0.05, 0.1) is 0 Å². The predicted octanol–water partition coefficient (Wildman–Crippen LogP) is 2.15. The molecule has 98 valence electrons. The zero-order valence-corrected chi connectivity index (χ0v) is 11.5. The van der Waals surface area contributed by atoms with Crippen molar-refractivity contribution in [2.75, 3.05) is 24.5 Å². The Morgan fingerprint density at radius 3 is 2.72 bits per heavy atom. The molecule has 0 aliphatic carbocycles. The van der Waals surface area contributed by atoms with Gasteiger partial charge in [0, 0.05) is 13.1 Å². The van der Waals surface area contributed by atoms with Crippen LogP contribution in [0.4, 0.5) is 5.82 Å². The van der Waals surface area contributed by atoms with Gasteiger partial charge >= 0.3 is 0 Å². The highest BCUT2D eigenvalue weighted by Crippen LogP contribution is 2.20. The monoisotopic (exact) mass is 246 g/mol. The summed E-state index contributed by atoms with van der Waals surface area (Å²) in [6.45, 7) is 8.82. The summed E-state index contributed by atoms with van der Waals surface area (Å²) in [6.07, 6.45) is 1.04. The Hall–Kier alpha value is -1.60. The molecule has 0 aliphatic rings. The van der Waals surface area contributed by atoms with Gasteiger partial charge in [-0.15, -0.1) is 0 Å². The maximum atomic E-state index is 8.90. The van der Waals surface area contributed by atoms with Crippen LogP contribution in [0.15, 0.2) is 18.2 Å². The molecule has 1 aromatic heterocycles. The number of nitrogens with two attached hydrogens (primary N) is 1. The van der Waals surface area contributed by atoms with Crippen molar-refractivity contribution in [2.24, 2.45) is 11.1 Å². The van der Waals surface area contributed by atoms with Gasteiger partial charge in [0.25, 0.3) is 0 Å². The maximum absolute atomic E-state index is 8.90. The smallest absolute Gasteiger partial charge is 0.142 e. The topological polar surface area (TPSA) is 65.9 Å². The second kappa shape index (κ2) is 6.36. The molecule has 0 radical (unpaired) electrons. The fourth-order valence-corrected chi connectivity index (χ4v) is 1.79. The highest BCUT2D eigenvalue weighted by Gasteiger charge is 2.20. The Kier molecular flexibility index (Phi) is 5.11. The van der Waals surface area contributed by atoms with Crippen LogP contribution >= 0.6 is 0 Å². The van der Waals surface area contributed by atoms with E-state index in [1.165, 1.54) is 0 Å². The van der Waals surface area contributed by atoms with Crippen LogP contribution in [0.5, 0.6) is 0 Å². The summed E-state index contributed by atoms with van der Waals surface area (Å²) >= 11 is 0. The normalized spacial score (nSPS) is 11.1. The average Bonchev–Trinajstić information content (AvgIpc) is 2.38. The number of anilines is 1. The van der Waals surface area contributed by atoms with E-state index in [1.807, 2.05) is 12.1 Å². The molecule has 0 bridgehead atoms. The Morgan fingerprint density at radius 1 is 1.44 bits per heavy atom. The number of rotatable bonds is 6. The van der Waals surface area contributed by atoms with Crippen molar-refractivity contribution < 1.29 is 0 Å². The van der Waals surface area contributed by atoms with Gasteiger partial charge in [-0.25, -0.2) is 4.98 Å². The average molecular weight is 246 g/mol. The van der Waals surface area contributed by atoms with E-state index in [1.54, 1.807) is 6.07 Å². The van der Waals surface area contributed by atoms with Crippen LogP contribution in [0.3, 0.4) is 0 Å². The second-order valence-electron chi connectivity index (χ2n) is 5.28. The summed E-state index contributed by atoms with van der Waals surface area (Å²) in [7, 11) is 0. The first kappa shape index (κ1) is 14.5. The summed E-state index contributed by atoms with van der Waals surface area (Å²) in [5.41, 5.74) is 6.28. The van der Waals surface area contributed by atoms with Crippen molar-refractivity contribution in [3.05, 3.63) is 23.9 Å².